The molecule has 0 aromatic heterocycles. The molecule has 0 fully saturated rings. The Morgan fingerprint density at radius 2 is 2.00 bits per heavy atom. The molecule has 17 heavy (non-hydrogen) atoms. The van der Waals surface area contributed by atoms with Crippen molar-refractivity contribution >= 4 is 5.97 Å². The molecule has 0 aliphatic rings. The summed E-state index contributed by atoms with van der Waals surface area (Å²) in [6.07, 6.45) is 0. The van der Waals surface area contributed by atoms with E-state index in [0.29, 0.717) is 0 Å². The van der Waals surface area contributed by atoms with Gasteiger partial charge in [0.15, 0.2) is 0 Å². The number of ether oxygens (including phenoxy) is 2. The number of alkyl halides is 1. The van der Waals surface area contributed by atoms with Crippen LogP contribution in [0, 0.1) is 0 Å². The molecule has 1 unspecified atom stereocenters. The van der Waals surface area contributed by atoms with Crippen molar-refractivity contribution in [2.45, 2.75) is 12.7 Å². The second-order valence-corrected chi connectivity index (χ2v) is 3.36. The van der Waals surface area contributed by atoms with E-state index in [-0.39, 0.29) is 22.6 Å². The number of hydrogen-bond acceptors (Lipinski definition) is 4. The van der Waals surface area contributed by atoms with Gasteiger partial charge in [-0.3, -0.25) is 4.79 Å². The Morgan fingerprint density at radius 3 is 2.41 bits per heavy atom. The zero-order valence-corrected chi connectivity index (χ0v) is 9.57. The van der Waals surface area contributed by atoms with E-state index in [4.69, 9.17) is 20.3 Å². The summed E-state index contributed by atoms with van der Waals surface area (Å²) in [5, 5.41) is 8.85. The van der Waals surface area contributed by atoms with Gasteiger partial charge in [-0.2, -0.15) is 0 Å². The molecule has 0 amide bonds. The van der Waals surface area contributed by atoms with E-state index in [0.717, 1.165) is 0 Å². The van der Waals surface area contributed by atoms with Crippen molar-refractivity contribution in [3.05, 3.63) is 23.3 Å². The van der Waals surface area contributed by atoms with Crippen LogP contribution >= 0.6 is 0 Å². The molecule has 0 heterocycles. The standard InChI is InChI=1S/C11H14FNO4/c1-16-8-4-7(10(13)11(14)15)9(17-2)3-6(8)5-12/h3-4,10H,5,13H2,1-2H3,(H,14,15). The molecular formula is C11H14FNO4. The Labute approximate surface area is 97.9 Å². The lowest BCUT2D eigenvalue weighted by atomic mass is 10.0. The Balaban J connectivity index is 3.33. The smallest absolute Gasteiger partial charge is 0.325 e. The lowest BCUT2D eigenvalue weighted by Gasteiger charge is -2.15. The van der Waals surface area contributed by atoms with Gasteiger partial charge in [-0.25, -0.2) is 4.39 Å². The van der Waals surface area contributed by atoms with Gasteiger partial charge >= 0.3 is 5.97 Å². The fourth-order valence-electron chi connectivity index (χ4n) is 1.47. The van der Waals surface area contributed by atoms with Crippen LogP contribution < -0.4 is 15.2 Å². The Bertz CT molecular complexity index is 422. The predicted octanol–water partition coefficient (Wildman–Crippen LogP) is 1.26. The van der Waals surface area contributed by atoms with Gasteiger partial charge < -0.3 is 20.3 Å². The highest BCUT2D eigenvalue weighted by molar-refractivity contribution is 5.76. The highest BCUT2D eigenvalue weighted by atomic mass is 19.1. The van der Waals surface area contributed by atoms with Crippen molar-refractivity contribution < 1.29 is 23.8 Å². The van der Waals surface area contributed by atoms with Gasteiger partial charge in [0, 0.05) is 11.1 Å². The first-order valence-electron chi connectivity index (χ1n) is 4.84. The van der Waals surface area contributed by atoms with Crippen LogP contribution in [0.3, 0.4) is 0 Å². The zero-order chi connectivity index (χ0) is 13.0. The highest BCUT2D eigenvalue weighted by Gasteiger charge is 2.21. The highest BCUT2D eigenvalue weighted by Crippen LogP contribution is 2.32. The monoisotopic (exact) mass is 243 g/mol. The summed E-state index contributed by atoms with van der Waals surface area (Å²) in [6.45, 7) is -0.734. The number of nitrogens with two attached hydrogens (primary N) is 1. The number of aliphatic carboxylic acids is 1. The average molecular weight is 243 g/mol. The van der Waals surface area contributed by atoms with Gasteiger partial charge in [-0.1, -0.05) is 0 Å². The Hall–Kier alpha value is -1.82. The molecule has 1 aromatic rings. The van der Waals surface area contributed by atoms with Crippen molar-refractivity contribution in [1.29, 1.82) is 0 Å². The summed E-state index contributed by atoms with van der Waals surface area (Å²) in [5.74, 6) is -0.716. The van der Waals surface area contributed by atoms with Crippen molar-refractivity contribution in [2.75, 3.05) is 14.2 Å². The van der Waals surface area contributed by atoms with Crippen molar-refractivity contribution in [1.82, 2.24) is 0 Å². The summed E-state index contributed by atoms with van der Waals surface area (Å²) < 4.78 is 22.7. The molecule has 1 atom stereocenters. The van der Waals surface area contributed by atoms with Gasteiger partial charge in [0.05, 0.1) is 14.2 Å². The van der Waals surface area contributed by atoms with Crippen LogP contribution in [-0.4, -0.2) is 25.3 Å². The largest absolute Gasteiger partial charge is 0.496 e. The number of rotatable bonds is 5. The lowest BCUT2D eigenvalue weighted by Crippen LogP contribution is -2.21. The number of hydrogen-bond donors (Lipinski definition) is 2. The Morgan fingerprint density at radius 1 is 1.41 bits per heavy atom. The van der Waals surface area contributed by atoms with E-state index >= 15 is 0 Å². The number of carboxylic acids is 1. The van der Waals surface area contributed by atoms with Gasteiger partial charge in [0.1, 0.15) is 24.2 Å². The predicted molar refractivity (Wildman–Crippen MR) is 58.9 cm³/mol. The SMILES string of the molecule is COc1cc(C(N)C(=O)O)c(OC)cc1CF. The van der Waals surface area contributed by atoms with Crippen LogP contribution in [-0.2, 0) is 11.5 Å². The minimum absolute atomic E-state index is 0.230. The molecule has 1 rings (SSSR count). The average Bonchev–Trinajstić information content (AvgIpc) is 2.35. The fraction of sp³-hybridized carbons (Fsp3) is 0.364. The molecule has 0 saturated heterocycles. The first-order valence-corrected chi connectivity index (χ1v) is 4.84. The minimum Gasteiger partial charge on any atom is -0.496 e. The lowest BCUT2D eigenvalue weighted by molar-refractivity contribution is -0.138. The van der Waals surface area contributed by atoms with Gasteiger partial charge in [0.25, 0.3) is 0 Å². The van der Waals surface area contributed by atoms with Crippen LogP contribution in [0.4, 0.5) is 4.39 Å². The maximum absolute atomic E-state index is 12.7. The summed E-state index contributed by atoms with van der Waals surface area (Å²) >= 11 is 0. The molecule has 5 nitrogen and oxygen atoms in total. The third-order valence-electron chi connectivity index (χ3n) is 2.38. The molecule has 94 valence electrons. The quantitative estimate of drug-likeness (QED) is 0.813. The van der Waals surface area contributed by atoms with Crippen molar-refractivity contribution in [3.63, 3.8) is 0 Å². The van der Waals surface area contributed by atoms with Crippen LogP contribution in [0.2, 0.25) is 0 Å². The topological polar surface area (TPSA) is 81.8 Å². The van der Waals surface area contributed by atoms with Gasteiger partial charge in [0.2, 0.25) is 0 Å². The number of carbonyl (C=O) groups is 1. The zero-order valence-electron chi connectivity index (χ0n) is 9.57. The van der Waals surface area contributed by atoms with E-state index in [1.807, 2.05) is 0 Å². The molecule has 0 bridgehead atoms. The number of carboxylic acid groups (broad SMARTS) is 1. The molecule has 0 radical (unpaired) electrons. The molecular weight excluding hydrogens is 229 g/mol. The van der Waals surface area contributed by atoms with E-state index < -0.39 is 18.7 Å². The third kappa shape index (κ3) is 2.65. The number of halogens is 1. The third-order valence-corrected chi connectivity index (χ3v) is 2.38. The summed E-state index contributed by atoms with van der Waals surface area (Å²) in [5.41, 5.74) is 6.03. The van der Waals surface area contributed by atoms with Crippen molar-refractivity contribution in [2.24, 2.45) is 5.73 Å². The molecule has 3 N–H and O–H groups in total. The molecule has 1 aromatic carbocycles. The fourth-order valence-corrected chi connectivity index (χ4v) is 1.47. The van der Waals surface area contributed by atoms with Gasteiger partial charge in [-0.05, 0) is 12.1 Å². The van der Waals surface area contributed by atoms with Gasteiger partial charge in [-0.15, -0.1) is 0 Å². The van der Waals surface area contributed by atoms with Crippen LogP contribution in [0.25, 0.3) is 0 Å². The van der Waals surface area contributed by atoms with Crippen LogP contribution in [0.15, 0.2) is 12.1 Å². The molecule has 0 saturated carbocycles. The van der Waals surface area contributed by atoms with E-state index in [1.54, 1.807) is 0 Å². The van der Waals surface area contributed by atoms with E-state index in [1.165, 1.54) is 26.4 Å². The normalized spacial score (nSPS) is 12.0. The second-order valence-electron chi connectivity index (χ2n) is 3.36. The summed E-state index contributed by atoms with van der Waals surface area (Å²) in [7, 11) is 2.74. The minimum atomic E-state index is -1.24. The maximum atomic E-state index is 12.7. The summed E-state index contributed by atoms with van der Waals surface area (Å²) in [4.78, 5) is 10.8. The van der Waals surface area contributed by atoms with Crippen molar-refractivity contribution in [3.8, 4) is 11.5 Å². The number of methoxy groups -OCH3 is 2. The number of benzene rings is 1. The molecule has 0 spiro atoms. The first-order chi connectivity index (χ1) is 8.04. The molecule has 0 aliphatic carbocycles. The first kappa shape index (κ1) is 13.2. The summed E-state index contributed by atoms with van der Waals surface area (Å²) in [6, 6.07) is 1.52. The maximum Gasteiger partial charge on any atom is 0.325 e. The van der Waals surface area contributed by atoms with E-state index in [2.05, 4.69) is 0 Å². The molecule has 6 heteroatoms. The second kappa shape index (κ2) is 5.49. The van der Waals surface area contributed by atoms with Crippen LogP contribution in [0.5, 0.6) is 11.5 Å². The van der Waals surface area contributed by atoms with Crippen LogP contribution in [0.1, 0.15) is 17.2 Å². The Kier molecular flexibility index (Phi) is 4.28. The van der Waals surface area contributed by atoms with E-state index in [9.17, 15) is 9.18 Å². The molecule has 0 aliphatic heterocycles.